The van der Waals surface area contributed by atoms with Crippen LogP contribution in [0.15, 0.2) is 22.9 Å². The summed E-state index contributed by atoms with van der Waals surface area (Å²) in [6.45, 7) is 8.00. The zero-order valence-corrected chi connectivity index (χ0v) is 11.0. The summed E-state index contributed by atoms with van der Waals surface area (Å²) in [5.74, 6) is 2.63. The summed E-state index contributed by atoms with van der Waals surface area (Å²) < 4.78 is 4.98. The molecule has 2 N–H and O–H groups in total. The summed E-state index contributed by atoms with van der Waals surface area (Å²) in [6.07, 6.45) is 1.69. The van der Waals surface area contributed by atoms with Gasteiger partial charge in [0, 0.05) is 17.8 Å². The standard InChI is InChI=1S/C12H17N5O/c1-8-7-10(17-18-8)14-9-5-6-13-11(15-9)16-12(2,3)4/h5-7H,1-4H3,(H2,13,14,15,16,17). The van der Waals surface area contributed by atoms with E-state index < -0.39 is 0 Å². The predicted molar refractivity (Wildman–Crippen MR) is 69.9 cm³/mol. The average molecular weight is 247 g/mol. The van der Waals surface area contributed by atoms with Crippen LogP contribution in [0.3, 0.4) is 0 Å². The molecule has 0 atom stereocenters. The highest BCUT2D eigenvalue weighted by Gasteiger charge is 2.11. The van der Waals surface area contributed by atoms with E-state index >= 15 is 0 Å². The van der Waals surface area contributed by atoms with Crippen molar-refractivity contribution in [1.29, 1.82) is 0 Å². The number of aromatic nitrogens is 3. The lowest BCUT2D eigenvalue weighted by Crippen LogP contribution is -2.27. The number of hydrogen-bond acceptors (Lipinski definition) is 6. The average Bonchev–Trinajstić information content (AvgIpc) is 2.62. The Morgan fingerprint density at radius 2 is 2.00 bits per heavy atom. The Bertz CT molecular complexity index is 529. The highest BCUT2D eigenvalue weighted by atomic mass is 16.5. The van der Waals surface area contributed by atoms with Crippen LogP contribution in [-0.4, -0.2) is 20.7 Å². The van der Waals surface area contributed by atoms with Crippen LogP contribution in [0.5, 0.6) is 0 Å². The van der Waals surface area contributed by atoms with Gasteiger partial charge >= 0.3 is 0 Å². The van der Waals surface area contributed by atoms with Crippen molar-refractivity contribution >= 4 is 17.6 Å². The van der Waals surface area contributed by atoms with E-state index in [1.165, 1.54) is 0 Å². The minimum atomic E-state index is -0.0803. The van der Waals surface area contributed by atoms with E-state index in [0.29, 0.717) is 17.6 Å². The molecule has 6 nitrogen and oxygen atoms in total. The first-order valence-corrected chi connectivity index (χ1v) is 5.74. The molecule has 0 saturated heterocycles. The Hall–Kier alpha value is -2.11. The van der Waals surface area contributed by atoms with Crippen LogP contribution >= 0.6 is 0 Å². The molecule has 0 saturated carbocycles. The quantitative estimate of drug-likeness (QED) is 0.868. The second kappa shape index (κ2) is 4.64. The summed E-state index contributed by atoms with van der Waals surface area (Å²) in [5, 5.41) is 10.1. The van der Waals surface area contributed by atoms with Crippen LogP contribution < -0.4 is 10.6 Å². The van der Waals surface area contributed by atoms with E-state index in [2.05, 4.69) is 46.5 Å². The smallest absolute Gasteiger partial charge is 0.225 e. The monoisotopic (exact) mass is 247 g/mol. The van der Waals surface area contributed by atoms with Crippen molar-refractivity contribution in [3.8, 4) is 0 Å². The molecule has 18 heavy (non-hydrogen) atoms. The number of rotatable bonds is 3. The van der Waals surface area contributed by atoms with Crippen molar-refractivity contribution in [2.45, 2.75) is 33.2 Å². The lowest BCUT2D eigenvalue weighted by molar-refractivity contribution is 0.400. The molecular weight excluding hydrogens is 230 g/mol. The second-order valence-electron chi connectivity index (χ2n) is 5.09. The fourth-order valence-corrected chi connectivity index (χ4v) is 1.38. The molecule has 0 unspecified atom stereocenters. The van der Waals surface area contributed by atoms with E-state index in [1.807, 2.05) is 6.92 Å². The molecule has 0 aliphatic rings. The molecule has 6 heteroatoms. The Kier molecular flexibility index (Phi) is 3.18. The van der Waals surface area contributed by atoms with Gasteiger partial charge in [0.15, 0.2) is 5.82 Å². The van der Waals surface area contributed by atoms with Gasteiger partial charge in [-0.25, -0.2) is 4.98 Å². The van der Waals surface area contributed by atoms with Crippen molar-refractivity contribution in [2.24, 2.45) is 0 Å². The Morgan fingerprint density at radius 3 is 2.61 bits per heavy atom. The van der Waals surface area contributed by atoms with Crippen molar-refractivity contribution in [2.75, 3.05) is 10.6 Å². The molecular formula is C12H17N5O. The first-order valence-electron chi connectivity index (χ1n) is 5.74. The molecule has 2 aromatic rings. The molecule has 0 amide bonds. The highest BCUT2D eigenvalue weighted by molar-refractivity contribution is 5.52. The van der Waals surface area contributed by atoms with E-state index in [4.69, 9.17) is 4.52 Å². The Balaban J connectivity index is 2.12. The molecule has 2 heterocycles. The molecule has 0 fully saturated rings. The van der Waals surface area contributed by atoms with Gasteiger partial charge in [-0.3, -0.25) is 0 Å². The molecule has 2 aromatic heterocycles. The largest absolute Gasteiger partial charge is 0.360 e. The molecule has 0 aromatic carbocycles. The van der Waals surface area contributed by atoms with Gasteiger partial charge in [0.2, 0.25) is 5.95 Å². The molecule has 0 spiro atoms. The van der Waals surface area contributed by atoms with Gasteiger partial charge < -0.3 is 15.2 Å². The molecule has 0 bridgehead atoms. The molecule has 2 rings (SSSR count). The van der Waals surface area contributed by atoms with Gasteiger partial charge in [-0.2, -0.15) is 4.98 Å². The van der Waals surface area contributed by atoms with Crippen LogP contribution in [0.1, 0.15) is 26.5 Å². The molecule has 0 radical (unpaired) electrons. The lowest BCUT2D eigenvalue weighted by Gasteiger charge is -2.20. The summed E-state index contributed by atoms with van der Waals surface area (Å²) in [5.41, 5.74) is -0.0803. The minimum Gasteiger partial charge on any atom is -0.360 e. The summed E-state index contributed by atoms with van der Waals surface area (Å²) in [6, 6.07) is 3.58. The normalized spacial score (nSPS) is 11.3. The number of nitrogens with zero attached hydrogens (tertiary/aromatic N) is 3. The van der Waals surface area contributed by atoms with E-state index in [9.17, 15) is 0 Å². The number of anilines is 3. The summed E-state index contributed by atoms with van der Waals surface area (Å²) in [7, 11) is 0. The summed E-state index contributed by atoms with van der Waals surface area (Å²) >= 11 is 0. The van der Waals surface area contributed by atoms with Crippen molar-refractivity contribution in [1.82, 2.24) is 15.1 Å². The number of hydrogen-bond donors (Lipinski definition) is 2. The van der Waals surface area contributed by atoms with Gasteiger partial charge in [0.1, 0.15) is 11.6 Å². The van der Waals surface area contributed by atoms with Gasteiger partial charge in [-0.05, 0) is 33.8 Å². The molecule has 0 aliphatic carbocycles. The predicted octanol–water partition coefficient (Wildman–Crippen LogP) is 2.73. The van der Waals surface area contributed by atoms with Gasteiger partial charge in [-0.15, -0.1) is 0 Å². The van der Waals surface area contributed by atoms with E-state index in [1.54, 1.807) is 18.3 Å². The number of aryl methyl sites for hydroxylation is 1. The maximum Gasteiger partial charge on any atom is 0.225 e. The van der Waals surface area contributed by atoms with Gasteiger partial charge in [-0.1, -0.05) is 5.16 Å². The second-order valence-corrected chi connectivity index (χ2v) is 5.09. The number of nitrogens with one attached hydrogen (secondary N) is 2. The van der Waals surface area contributed by atoms with Crippen LogP contribution in [0, 0.1) is 6.92 Å². The van der Waals surface area contributed by atoms with Crippen molar-refractivity contribution in [3.63, 3.8) is 0 Å². The third kappa shape index (κ3) is 3.44. The van der Waals surface area contributed by atoms with Gasteiger partial charge in [0.25, 0.3) is 0 Å². The fourth-order valence-electron chi connectivity index (χ4n) is 1.38. The Morgan fingerprint density at radius 1 is 1.22 bits per heavy atom. The topological polar surface area (TPSA) is 75.9 Å². The first kappa shape index (κ1) is 12.3. The van der Waals surface area contributed by atoms with Crippen LogP contribution in [0.25, 0.3) is 0 Å². The lowest BCUT2D eigenvalue weighted by atomic mass is 10.1. The summed E-state index contributed by atoms with van der Waals surface area (Å²) in [4.78, 5) is 8.51. The van der Waals surface area contributed by atoms with E-state index in [-0.39, 0.29) is 5.54 Å². The molecule has 0 aliphatic heterocycles. The SMILES string of the molecule is Cc1cc(Nc2ccnc(NC(C)(C)C)n2)no1. The van der Waals surface area contributed by atoms with Crippen LogP contribution in [0.4, 0.5) is 17.6 Å². The van der Waals surface area contributed by atoms with Gasteiger partial charge in [0.05, 0.1) is 0 Å². The van der Waals surface area contributed by atoms with Crippen LogP contribution in [0.2, 0.25) is 0 Å². The third-order valence-corrected chi connectivity index (χ3v) is 2.03. The zero-order valence-electron chi connectivity index (χ0n) is 11.0. The maximum absolute atomic E-state index is 4.98. The van der Waals surface area contributed by atoms with Crippen molar-refractivity contribution in [3.05, 3.63) is 24.1 Å². The first-order chi connectivity index (χ1) is 8.42. The Labute approximate surface area is 106 Å². The third-order valence-electron chi connectivity index (χ3n) is 2.03. The zero-order chi connectivity index (χ0) is 13.2. The molecule has 96 valence electrons. The van der Waals surface area contributed by atoms with Crippen molar-refractivity contribution < 1.29 is 4.52 Å². The highest BCUT2D eigenvalue weighted by Crippen LogP contribution is 2.16. The fraction of sp³-hybridized carbons (Fsp3) is 0.417. The van der Waals surface area contributed by atoms with Crippen LogP contribution in [-0.2, 0) is 0 Å². The maximum atomic E-state index is 4.98. The van der Waals surface area contributed by atoms with E-state index in [0.717, 1.165) is 5.76 Å². The minimum absolute atomic E-state index is 0.0803.